The molecule has 0 atom stereocenters. The topological polar surface area (TPSA) is 24.4 Å². The highest BCUT2D eigenvalue weighted by Gasteiger charge is 2.18. The van der Waals surface area contributed by atoms with Crippen LogP contribution in [0.5, 0.6) is 0 Å². The molecule has 1 saturated heterocycles. The molecule has 0 unspecified atom stereocenters. The Hall–Kier alpha value is -0.630. The minimum Gasteiger partial charge on any atom is -0.317 e. The van der Waals surface area contributed by atoms with Crippen molar-refractivity contribution in [3.05, 3.63) is 12.3 Å². The number of nitrogens with zero attached hydrogens (tertiary/aromatic N) is 1. The van der Waals surface area contributed by atoms with Gasteiger partial charge < -0.3 is 5.32 Å². The summed E-state index contributed by atoms with van der Waals surface area (Å²) in [6, 6.07) is 0. The van der Waals surface area contributed by atoms with Gasteiger partial charge in [-0.15, -0.1) is 0 Å². The average Bonchev–Trinajstić information content (AvgIpc) is 2.58. The second kappa shape index (κ2) is 3.18. The molecule has 0 aromatic carbocycles. The van der Waals surface area contributed by atoms with E-state index in [0.717, 1.165) is 12.3 Å². The number of piperidine rings is 1. The number of aliphatic imine (C=N–C) groups is 1. The van der Waals surface area contributed by atoms with Gasteiger partial charge in [0.05, 0.1) is 0 Å². The van der Waals surface area contributed by atoms with Crippen molar-refractivity contribution >= 4 is 5.71 Å². The zero-order valence-corrected chi connectivity index (χ0v) is 6.71. The fourth-order valence-electron chi connectivity index (χ4n) is 1.80. The van der Waals surface area contributed by atoms with E-state index in [1.165, 1.54) is 31.6 Å². The van der Waals surface area contributed by atoms with Crippen molar-refractivity contribution in [3.63, 3.8) is 0 Å². The van der Waals surface area contributed by atoms with Crippen LogP contribution in [0.4, 0.5) is 0 Å². The molecule has 0 saturated carbocycles. The van der Waals surface area contributed by atoms with Gasteiger partial charge in [-0.3, -0.25) is 4.99 Å². The lowest BCUT2D eigenvalue weighted by Crippen LogP contribution is -2.31. The molecular weight excluding hydrogens is 136 g/mol. The maximum Gasteiger partial charge on any atom is 0.0249 e. The highest BCUT2D eigenvalue weighted by molar-refractivity contribution is 5.90. The molecule has 60 valence electrons. The van der Waals surface area contributed by atoms with Gasteiger partial charge in [0.2, 0.25) is 0 Å². The lowest BCUT2D eigenvalue weighted by molar-refractivity contribution is 0.454. The zero-order chi connectivity index (χ0) is 7.52. The molecule has 2 nitrogen and oxygen atoms in total. The Morgan fingerprint density at radius 3 is 2.82 bits per heavy atom. The predicted octanol–water partition coefficient (Wildman–Crippen LogP) is 1.34. The Balaban J connectivity index is 1.93. The van der Waals surface area contributed by atoms with Crippen LogP contribution >= 0.6 is 0 Å². The van der Waals surface area contributed by atoms with Gasteiger partial charge in [0.25, 0.3) is 0 Å². The smallest absolute Gasteiger partial charge is 0.0249 e. The Kier molecular flexibility index (Phi) is 2.04. The molecule has 0 spiro atoms. The maximum atomic E-state index is 4.37. The summed E-state index contributed by atoms with van der Waals surface area (Å²) in [7, 11) is 0. The van der Waals surface area contributed by atoms with Crippen molar-refractivity contribution in [1.82, 2.24) is 5.32 Å². The van der Waals surface area contributed by atoms with Gasteiger partial charge in [0.15, 0.2) is 0 Å². The SMILES string of the molecule is C1=CN=C(C2CCNCC2)C1. The van der Waals surface area contributed by atoms with Gasteiger partial charge in [0.1, 0.15) is 0 Å². The van der Waals surface area contributed by atoms with E-state index in [1.54, 1.807) is 0 Å². The number of rotatable bonds is 1. The first-order valence-electron chi connectivity index (χ1n) is 4.39. The van der Waals surface area contributed by atoms with Crippen LogP contribution in [0.25, 0.3) is 0 Å². The van der Waals surface area contributed by atoms with Crippen molar-refractivity contribution < 1.29 is 0 Å². The second-order valence-electron chi connectivity index (χ2n) is 3.23. The number of hydrogen-bond acceptors (Lipinski definition) is 2. The molecule has 0 amide bonds. The summed E-state index contributed by atoms with van der Waals surface area (Å²) in [5.74, 6) is 0.770. The lowest BCUT2D eigenvalue weighted by atomic mass is 9.92. The predicted molar refractivity (Wildman–Crippen MR) is 46.8 cm³/mol. The van der Waals surface area contributed by atoms with E-state index in [4.69, 9.17) is 0 Å². The molecule has 1 fully saturated rings. The first-order valence-corrected chi connectivity index (χ1v) is 4.39. The van der Waals surface area contributed by atoms with Crippen LogP contribution in [0.15, 0.2) is 17.3 Å². The van der Waals surface area contributed by atoms with Gasteiger partial charge in [-0.05, 0) is 31.8 Å². The van der Waals surface area contributed by atoms with Gasteiger partial charge in [-0.2, -0.15) is 0 Å². The summed E-state index contributed by atoms with van der Waals surface area (Å²) in [6.45, 7) is 2.34. The summed E-state index contributed by atoms with van der Waals surface area (Å²) in [5, 5.41) is 3.36. The van der Waals surface area contributed by atoms with Crippen molar-refractivity contribution in [2.24, 2.45) is 10.9 Å². The first kappa shape index (κ1) is 7.04. The third-order valence-corrected chi connectivity index (χ3v) is 2.48. The highest BCUT2D eigenvalue weighted by Crippen LogP contribution is 2.18. The van der Waals surface area contributed by atoms with Gasteiger partial charge in [-0.1, -0.05) is 6.08 Å². The highest BCUT2D eigenvalue weighted by atomic mass is 14.9. The van der Waals surface area contributed by atoms with Crippen molar-refractivity contribution in [3.8, 4) is 0 Å². The summed E-state index contributed by atoms with van der Waals surface area (Å²) < 4.78 is 0. The largest absolute Gasteiger partial charge is 0.317 e. The molecule has 2 aliphatic heterocycles. The molecule has 0 aromatic rings. The summed E-state index contributed by atoms with van der Waals surface area (Å²) in [6.07, 6.45) is 7.75. The third kappa shape index (κ3) is 1.51. The van der Waals surface area contributed by atoms with Crippen LogP contribution in [0.1, 0.15) is 19.3 Å². The van der Waals surface area contributed by atoms with Crippen LogP contribution in [0.2, 0.25) is 0 Å². The van der Waals surface area contributed by atoms with Crippen LogP contribution in [-0.2, 0) is 0 Å². The van der Waals surface area contributed by atoms with Crippen LogP contribution in [-0.4, -0.2) is 18.8 Å². The summed E-state index contributed by atoms with van der Waals surface area (Å²) in [4.78, 5) is 4.37. The Labute approximate surface area is 67.4 Å². The molecule has 2 rings (SSSR count). The molecule has 2 aliphatic rings. The number of allylic oxidation sites excluding steroid dienone is 1. The van der Waals surface area contributed by atoms with Crippen LogP contribution in [0.3, 0.4) is 0 Å². The standard InChI is InChI=1S/C9H14N2/c1-2-9(11-5-1)8-3-6-10-7-4-8/h1,5,8,10H,2-4,6-7H2. The van der Waals surface area contributed by atoms with E-state index < -0.39 is 0 Å². The van der Waals surface area contributed by atoms with Crippen LogP contribution < -0.4 is 5.32 Å². The van der Waals surface area contributed by atoms with E-state index >= 15 is 0 Å². The monoisotopic (exact) mass is 150 g/mol. The molecule has 2 heteroatoms. The average molecular weight is 150 g/mol. The molecule has 2 heterocycles. The molecule has 11 heavy (non-hydrogen) atoms. The zero-order valence-electron chi connectivity index (χ0n) is 6.71. The maximum absolute atomic E-state index is 4.37. The first-order chi connectivity index (χ1) is 5.47. The quantitative estimate of drug-likeness (QED) is 0.599. The molecule has 1 N–H and O–H groups in total. The Bertz CT molecular complexity index is 188. The Morgan fingerprint density at radius 2 is 2.18 bits per heavy atom. The number of hydrogen-bond donors (Lipinski definition) is 1. The van der Waals surface area contributed by atoms with E-state index in [-0.39, 0.29) is 0 Å². The van der Waals surface area contributed by atoms with E-state index in [1.807, 2.05) is 6.20 Å². The van der Waals surface area contributed by atoms with E-state index in [9.17, 15) is 0 Å². The fourth-order valence-corrected chi connectivity index (χ4v) is 1.80. The Morgan fingerprint density at radius 1 is 1.36 bits per heavy atom. The molecule has 0 bridgehead atoms. The second-order valence-corrected chi connectivity index (χ2v) is 3.23. The van der Waals surface area contributed by atoms with Crippen molar-refractivity contribution in [2.75, 3.05) is 13.1 Å². The number of nitrogens with one attached hydrogen (secondary N) is 1. The molecule has 0 aliphatic carbocycles. The third-order valence-electron chi connectivity index (χ3n) is 2.48. The van der Waals surface area contributed by atoms with Gasteiger partial charge in [0, 0.05) is 18.3 Å². The summed E-state index contributed by atoms with van der Waals surface area (Å²) in [5.41, 5.74) is 1.41. The van der Waals surface area contributed by atoms with Gasteiger partial charge >= 0.3 is 0 Å². The normalized spacial score (nSPS) is 25.6. The molecule has 0 aromatic heterocycles. The minimum atomic E-state index is 0.770. The van der Waals surface area contributed by atoms with Crippen molar-refractivity contribution in [2.45, 2.75) is 19.3 Å². The van der Waals surface area contributed by atoms with E-state index in [2.05, 4.69) is 16.4 Å². The van der Waals surface area contributed by atoms with Crippen molar-refractivity contribution in [1.29, 1.82) is 0 Å². The lowest BCUT2D eigenvalue weighted by Gasteiger charge is -2.22. The fraction of sp³-hybridized carbons (Fsp3) is 0.667. The van der Waals surface area contributed by atoms with Crippen LogP contribution in [0, 0.1) is 5.92 Å². The minimum absolute atomic E-state index is 0.770. The molecule has 0 radical (unpaired) electrons. The molecular formula is C9H14N2. The van der Waals surface area contributed by atoms with Gasteiger partial charge in [-0.25, -0.2) is 0 Å². The van der Waals surface area contributed by atoms with E-state index in [0.29, 0.717) is 0 Å². The summed E-state index contributed by atoms with van der Waals surface area (Å²) >= 11 is 0.